The second-order valence-electron chi connectivity index (χ2n) is 4.99. The fourth-order valence-electron chi connectivity index (χ4n) is 2.79. The number of amides is 1. The average Bonchev–Trinajstić information content (AvgIpc) is 2.92. The van der Waals surface area contributed by atoms with Crippen molar-refractivity contribution in [1.82, 2.24) is 14.5 Å². The Morgan fingerprint density at radius 1 is 1.42 bits per heavy atom. The van der Waals surface area contributed by atoms with E-state index in [0.717, 1.165) is 29.8 Å². The highest BCUT2D eigenvalue weighted by Gasteiger charge is 2.32. The fraction of sp³-hybridized carbons (Fsp3) is 0.429. The number of imidazole rings is 1. The van der Waals surface area contributed by atoms with Crippen LogP contribution in [0.25, 0.3) is 11.0 Å². The van der Waals surface area contributed by atoms with Gasteiger partial charge in [0.05, 0.1) is 11.0 Å². The van der Waals surface area contributed by atoms with Crippen molar-refractivity contribution in [2.24, 2.45) is 5.73 Å². The summed E-state index contributed by atoms with van der Waals surface area (Å²) >= 11 is 0. The summed E-state index contributed by atoms with van der Waals surface area (Å²) in [5.74, 6) is 1.08. The Balaban J connectivity index is 2.15. The SMILES string of the molecule is CN1CCC(n2c(CCN)nc3ccccc32)C1=O. The molecule has 2 heterocycles. The van der Waals surface area contributed by atoms with Crippen LogP contribution >= 0.6 is 0 Å². The summed E-state index contributed by atoms with van der Waals surface area (Å²) in [6, 6.07) is 7.83. The van der Waals surface area contributed by atoms with Crippen molar-refractivity contribution >= 4 is 16.9 Å². The summed E-state index contributed by atoms with van der Waals surface area (Å²) in [4.78, 5) is 18.7. The van der Waals surface area contributed by atoms with Crippen LogP contribution in [0.15, 0.2) is 24.3 Å². The van der Waals surface area contributed by atoms with Gasteiger partial charge in [-0.05, 0) is 25.1 Å². The van der Waals surface area contributed by atoms with Crippen molar-refractivity contribution in [3.05, 3.63) is 30.1 Å². The molecular weight excluding hydrogens is 240 g/mol. The monoisotopic (exact) mass is 258 g/mol. The van der Waals surface area contributed by atoms with E-state index in [0.29, 0.717) is 13.0 Å². The van der Waals surface area contributed by atoms with Gasteiger partial charge >= 0.3 is 0 Å². The smallest absolute Gasteiger partial charge is 0.245 e. The Bertz CT molecular complexity index is 619. The molecule has 1 saturated heterocycles. The van der Waals surface area contributed by atoms with Gasteiger partial charge in [-0.1, -0.05) is 12.1 Å². The molecule has 2 aromatic rings. The molecule has 1 aliphatic rings. The highest BCUT2D eigenvalue weighted by molar-refractivity contribution is 5.85. The van der Waals surface area contributed by atoms with Crippen molar-refractivity contribution in [1.29, 1.82) is 0 Å². The van der Waals surface area contributed by atoms with E-state index in [1.54, 1.807) is 4.90 Å². The van der Waals surface area contributed by atoms with E-state index in [-0.39, 0.29) is 11.9 Å². The lowest BCUT2D eigenvalue weighted by Crippen LogP contribution is -2.25. The zero-order valence-corrected chi connectivity index (χ0v) is 11.0. The van der Waals surface area contributed by atoms with Gasteiger partial charge in [0, 0.05) is 20.0 Å². The number of nitrogens with zero attached hydrogens (tertiary/aromatic N) is 3. The molecule has 1 amide bonds. The van der Waals surface area contributed by atoms with E-state index < -0.39 is 0 Å². The second kappa shape index (κ2) is 4.66. The van der Waals surface area contributed by atoms with Crippen molar-refractivity contribution in [2.75, 3.05) is 20.1 Å². The Hall–Kier alpha value is -1.88. The van der Waals surface area contributed by atoms with E-state index in [1.807, 2.05) is 31.3 Å². The third kappa shape index (κ3) is 1.90. The number of hydrogen-bond acceptors (Lipinski definition) is 3. The van der Waals surface area contributed by atoms with Gasteiger partial charge < -0.3 is 15.2 Å². The first-order valence-corrected chi connectivity index (χ1v) is 6.63. The number of para-hydroxylation sites is 2. The summed E-state index contributed by atoms with van der Waals surface area (Å²) in [7, 11) is 1.85. The van der Waals surface area contributed by atoms with Gasteiger partial charge in [0.25, 0.3) is 0 Å². The van der Waals surface area contributed by atoms with Crippen molar-refractivity contribution < 1.29 is 4.79 Å². The first-order valence-electron chi connectivity index (χ1n) is 6.63. The maximum Gasteiger partial charge on any atom is 0.245 e. The molecule has 0 saturated carbocycles. The molecule has 1 aromatic carbocycles. The number of likely N-dealkylation sites (tertiary alicyclic amines) is 1. The van der Waals surface area contributed by atoms with E-state index >= 15 is 0 Å². The molecule has 5 heteroatoms. The lowest BCUT2D eigenvalue weighted by atomic mass is 10.2. The van der Waals surface area contributed by atoms with Crippen LogP contribution in [0, 0.1) is 0 Å². The van der Waals surface area contributed by atoms with Gasteiger partial charge in [-0.2, -0.15) is 0 Å². The summed E-state index contributed by atoms with van der Waals surface area (Å²) in [5, 5.41) is 0. The predicted molar refractivity (Wildman–Crippen MR) is 73.8 cm³/mol. The molecule has 1 atom stereocenters. The number of likely N-dealkylation sites (N-methyl/N-ethyl adjacent to an activating group) is 1. The summed E-state index contributed by atoms with van der Waals surface area (Å²) in [5.41, 5.74) is 7.63. The molecule has 0 radical (unpaired) electrons. The zero-order valence-electron chi connectivity index (χ0n) is 11.0. The normalized spacial score (nSPS) is 19.6. The van der Waals surface area contributed by atoms with Gasteiger partial charge in [-0.15, -0.1) is 0 Å². The minimum Gasteiger partial charge on any atom is -0.344 e. The molecule has 19 heavy (non-hydrogen) atoms. The van der Waals surface area contributed by atoms with Crippen molar-refractivity contribution in [3.8, 4) is 0 Å². The molecule has 1 fully saturated rings. The molecular formula is C14H18N4O. The standard InChI is InChI=1S/C14H18N4O/c1-17-9-7-12(14(17)19)18-11-5-3-2-4-10(11)16-13(18)6-8-15/h2-5,12H,6-9,15H2,1H3. The van der Waals surface area contributed by atoms with Crippen molar-refractivity contribution in [3.63, 3.8) is 0 Å². The van der Waals surface area contributed by atoms with Crippen LogP contribution in [0.1, 0.15) is 18.3 Å². The third-order valence-corrected chi connectivity index (χ3v) is 3.75. The van der Waals surface area contributed by atoms with Crippen LogP contribution in [0.5, 0.6) is 0 Å². The Morgan fingerprint density at radius 3 is 2.89 bits per heavy atom. The maximum absolute atomic E-state index is 12.2. The summed E-state index contributed by atoms with van der Waals surface area (Å²) in [6.45, 7) is 1.35. The van der Waals surface area contributed by atoms with Crippen LogP contribution in [0.2, 0.25) is 0 Å². The molecule has 1 unspecified atom stereocenters. The molecule has 100 valence electrons. The van der Waals surface area contributed by atoms with Crippen LogP contribution in [-0.2, 0) is 11.2 Å². The average molecular weight is 258 g/mol. The predicted octanol–water partition coefficient (Wildman–Crippen LogP) is 0.941. The van der Waals surface area contributed by atoms with Crippen LogP contribution in [0.4, 0.5) is 0 Å². The molecule has 2 N–H and O–H groups in total. The Labute approximate surface area is 112 Å². The minimum absolute atomic E-state index is 0.126. The minimum atomic E-state index is -0.126. The van der Waals surface area contributed by atoms with Crippen molar-refractivity contribution in [2.45, 2.75) is 18.9 Å². The van der Waals surface area contributed by atoms with Gasteiger partial charge in [0.15, 0.2) is 0 Å². The first kappa shape index (κ1) is 12.2. The molecule has 0 spiro atoms. The lowest BCUT2D eigenvalue weighted by molar-refractivity contribution is -0.129. The molecule has 0 bridgehead atoms. The highest BCUT2D eigenvalue weighted by Crippen LogP contribution is 2.28. The van der Waals surface area contributed by atoms with E-state index in [9.17, 15) is 4.79 Å². The first-order chi connectivity index (χ1) is 9.22. The number of rotatable bonds is 3. The Morgan fingerprint density at radius 2 is 2.21 bits per heavy atom. The third-order valence-electron chi connectivity index (χ3n) is 3.75. The molecule has 3 rings (SSSR count). The van der Waals surface area contributed by atoms with Gasteiger partial charge in [-0.25, -0.2) is 4.98 Å². The zero-order chi connectivity index (χ0) is 13.4. The Kier molecular flexibility index (Phi) is 2.98. The quantitative estimate of drug-likeness (QED) is 0.891. The second-order valence-corrected chi connectivity index (χ2v) is 4.99. The van der Waals surface area contributed by atoms with Crippen LogP contribution in [-0.4, -0.2) is 40.5 Å². The number of fused-ring (bicyclic) bond motifs is 1. The van der Waals surface area contributed by atoms with Crippen LogP contribution in [0.3, 0.4) is 0 Å². The topological polar surface area (TPSA) is 64.2 Å². The highest BCUT2D eigenvalue weighted by atomic mass is 16.2. The maximum atomic E-state index is 12.2. The summed E-state index contributed by atoms with van der Waals surface area (Å²) < 4.78 is 2.08. The van der Waals surface area contributed by atoms with Crippen LogP contribution < -0.4 is 5.73 Å². The number of aromatic nitrogens is 2. The largest absolute Gasteiger partial charge is 0.344 e. The molecule has 5 nitrogen and oxygen atoms in total. The van der Waals surface area contributed by atoms with E-state index in [4.69, 9.17) is 5.73 Å². The number of hydrogen-bond donors (Lipinski definition) is 1. The number of benzene rings is 1. The molecule has 1 aromatic heterocycles. The van der Waals surface area contributed by atoms with Gasteiger partial charge in [0.2, 0.25) is 5.91 Å². The molecule has 0 aliphatic carbocycles. The summed E-state index contributed by atoms with van der Waals surface area (Å²) in [6.07, 6.45) is 1.54. The number of carbonyl (C=O) groups is 1. The van der Waals surface area contributed by atoms with E-state index in [1.165, 1.54) is 0 Å². The number of carbonyl (C=O) groups excluding carboxylic acids is 1. The fourth-order valence-corrected chi connectivity index (χ4v) is 2.79. The van der Waals surface area contributed by atoms with Gasteiger partial charge in [-0.3, -0.25) is 4.79 Å². The molecule has 1 aliphatic heterocycles. The lowest BCUT2D eigenvalue weighted by Gasteiger charge is -2.15. The van der Waals surface area contributed by atoms with E-state index in [2.05, 4.69) is 9.55 Å². The van der Waals surface area contributed by atoms with Gasteiger partial charge in [0.1, 0.15) is 11.9 Å². The number of nitrogens with two attached hydrogens (primary N) is 1.